The Bertz CT molecular complexity index is 700. The lowest BCUT2D eigenvalue weighted by Gasteiger charge is -2.17. The Morgan fingerprint density at radius 3 is 2.76 bits per heavy atom. The Hall–Kier alpha value is -2.07. The SMILES string of the molecule is CCc1ccc(C(C)Nc2ccccc2-n2cccn2)s1. The van der Waals surface area contributed by atoms with Crippen LogP contribution in [0, 0.1) is 0 Å². The number of thiophene rings is 1. The number of rotatable bonds is 5. The third kappa shape index (κ3) is 3.00. The van der Waals surface area contributed by atoms with E-state index in [1.807, 2.05) is 40.4 Å². The van der Waals surface area contributed by atoms with Crippen molar-refractivity contribution in [2.75, 3.05) is 5.32 Å². The number of aromatic nitrogens is 2. The van der Waals surface area contributed by atoms with Gasteiger partial charge in [-0.2, -0.15) is 5.10 Å². The van der Waals surface area contributed by atoms with Crippen LogP contribution in [0.15, 0.2) is 54.9 Å². The third-order valence-corrected chi connectivity index (χ3v) is 4.90. The van der Waals surface area contributed by atoms with Gasteiger partial charge >= 0.3 is 0 Å². The van der Waals surface area contributed by atoms with Crippen LogP contribution >= 0.6 is 11.3 Å². The average molecular weight is 297 g/mol. The largest absolute Gasteiger partial charge is 0.376 e. The van der Waals surface area contributed by atoms with E-state index in [4.69, 9.17) is 0 Å². The highest BCUT2D eigenvalue weighted by molar-refractivity contribution is 7.12. The summed E-state index contributed by atoms with van der Waals surface area (Å²) < 4.78 is 1.89. The van der Waals surface area contributed by atoms with Crippen LogP contribution in [0.2, 0.25) is 0 Å². The van der Waals surface area contributed by atoms with Gasteiger partial charge < -0.3 is 5.32 Å². The second-order valence-corrected chi connectivity index (χ2v) is 6.19. The molecule has 0 amide bonds. The highest BCUT2D eigenvalue weighted by atomic mass is 32.1. The molecule has 3 rings (SSSR count). The zero-order valence-electron chi connectivity index (χ0n) is 12.3. The van der Waals surface area contributed by atoms with Crippen molar-refractivity contribution >= 4 is 17.0 Å². The zero-order valence-corrected chi connectivity index (χ0v) is 13.1. The molecular weight excluding hydrogens is 278 g/mol. The highest BCUT2D eigenvalue weighted by Gasteiger charge is 2.11. The molecule has 3 nitrogen and oxygen atoms in total. The molecule has 0 spiro atoms. The summed E-state index contributed by atoms with van der Waals surface area (Å²) in [5.74, 6) is 0. The summed E-state index contributed by atoms with van der Waals surface area (Å²) >= 11 is 1.88. The number of anilines is 1. The molecule has 1 N–H and O–H groups in total. The van der Waals surface area contributed by atoms with Gasteiger partial charge in [-0.05, 0) is 43.7 Å². The van der Waals surface area contributed by atoms with Crippen LogP contribution in [0.3, 0.4) is 0 Å². The van der Waals surface area contributed by atoms with E-state index >= 15 is 0 Å². The molecule has 4 heteroatoms. The lowest BCUT2D eigenvalue weighted by atomic mass is 10.2. The molecule has 1 atom stereocenters. The van der Waals surface area contributed by atoms with E-state index in [2.05, 4.69) is 48.5 Å². The zero-order chi connectivity index (χ0) is 14.7. The lowest BCUT2D eigenvalue weighted by molar-refractivity contribution is 0.862. The Morgan fingerprint density at radius 2 is 2.05 bits per heavy atom. The van der Waals surface area contributed by atoms with Gasteiger partial charge in [-0.15, -0.1) is 11.3 Å². The van der Waals surface area contributed by atoms with Crippen LogP contribution in [-0.4, -0.2) is 9.78 Å². The van der Waals surface area contributed by atoms with Crippen LogP contribution in [0.5, 0.6) is 0 Å². The molecule has 0 aliphatic carbocycles. The molecule has 0 aliphatic rings. The van der Waals surface area contributed by atoms with Crippen LogP contribution in [-0.2, 0) is 6.42 Å². The van der Waals surface area contributed by atoms with E-state index in [0.717, 1.165) is 17.8 Å². The predicted octanol–water partition coefficient (Wildman–Crippen LogP) is 4.67. The third-order valence-electron chi connectivity index (χ3n) is 3.48. The van der Waals surface area contributed by atoms with E-state index in [9.17, 15) is 0 Å². The first-order chi connectivity index (χ1) is 10.3. The number of benzene rings is 1. The van der Waals surface area contributed by atoms with Gasteiger partial charge in [0.1, 0.15) is 0 Å². The molecule has 21 heavy (non-hydrogen) atoms. The van der Waals surface area contributed by atoms with Crippen LogP contribution in [0.4, 0.5) is 5.69 Å². The van der Waals surface area contributed by atoms with Gasteiger partial charge in [0.05, 0.1) is 17.4 Å². The second kappa shape index (κ2) is 6.14. The van der Waals surface area contributed by atoms with Gasteiger partial charge in [0.25, 0.3) is 0 Å². The summed E-state index contributed by atoms with van der Waals surface area (Å²) in [6.07, 6.45) is 4.86. The number of para-hydroxylation sites is 2. The van der Waals surface area contributed by atoms with Gasteiger partial charge in [0.2, 0.25) is 0 Å². The molecular formula is C17H19N3S. The normalized spacial score (nSPS) is 12.3. The first-order valence-electron chi connectivity index (χ1n) is 7.22. The maximum atomic E-state index is 4.32. The lowest BCUT2D eigenvalue weighted by Crippen LogP contribution is -2.08. The maximum Gasteiger partial charge on any atom is 0.0877 e. The van der Waals surface area contributed by atoms with Gasteiger partial charge in [-0.25, -0.2) is 4.68 Å². The fourth-order valence-electron chi connectivity index (χ4n) is 2.33. The van der Waals surface area contributed by atoms with Crippen molar-refractivity contribution in [3.05, 3.63) is 64.6 Å². The molecule has 108 valence electrons. The number of hydrogen-bond acceptors (Lipinski definition) is 3. The van der Waals surface area contributed by atoms with Crippen molar-refractivity contribution < 1.29 is 0 Å². The number of nitrogens with zero attached hydrogens (tertiary/aromatic N) is 2. The number of nitrogens with one attached hydrogen (secondary N) is 1. The standard InChI is InChI=1S/C17H19N3S/c1-3-14-9-10-17(21-14)13(2)19-15-7-4-5-8-16(15)20-12-6-11-18-20/h4-13,19H,3H2,1-2H3. The molecule has 0 saturated heterocycles. The molecule has 0 saturated carbocycles. The smallest absolute Gasteiger partial charge is 0.0877 e. The summed E-state index contributed by atoms with van der Waals surface area (Å²) in [6, 6.07) is 14.9. The van der Waals surface area contributed by atoms with Crippen molar-refractivity contribution in [2.24, 2.45) is 0 Å². The number of aryl methyl sites for hydroxylation is 1. The van der Waals surface area contributed by atoms with Crippen LogP contribution in [0.1, 0.15) is 29.6 Å². The van der Waals surface area contributed by atoms with Crippen molar-refractivity contribution in [1.29, 1.82) is 0 Å². The van der Waals surface area contributed by atoms with E-state index in [0.29, 0.717) is 0 Å². The van der Waals surface area contributed by atoms with Crippen molar-refractivity contribution in [3.63, 3.8) is 0 Å². The fraction of sp³-hybridized carbons (Fsp3) is 0.235. The quantitative estimate of drug-likeness (QED) is 0.741. The van der Waals surface area contributed by atoms with E-state index in [1.54, 1.807) is 6.20 Å². The second-order valence-electron chi connectivity index (χ2n) is 4.99. The first kappa shape index (κ1) is 13.9. The minimum Gasteiger partial charge on any atom is -0.376 e. The Labute approximate surface area is 129 Å². The average Bonchev–Trinajstić information content (AvgIpc) is 3.19. The number of hydrogen-bond donors (Lipinski definition) is 1. The molecule has 1 aromatic carbocycles. The fourth-order valence-corrected chi connectivity index (χ4v) is 3.28. The van der Waals surface area contributed by atoms with E-state index in [-0.39, 0.29) is 6.04 Å². The highest BCUT2D eigenvalue weighted by Crippen LogP contribution is 2.28. The molecule has 1 unspecified atom stereocenters. The molecule has 0 fully saturated rings. The predicted molar refractivity (Wildman–Crippen MR) is 89.3 cm³/mol. The minimum atomic E-state index is 0.284. The molecule has 3 aromatic rings. The van der Waals surface area contributed by atoms with Crippen LogP contribution < -0.4 is 5.32 Å². The van der Waals surface area contributed by atoms with Gasteiger partial charge in [0, 0.05) is 22.1 Å². The Balaban J connectivity index is 1.85. The monoisotopic (exact) mass is 297 g/mol. The van der Waals surface area contributed by atoms with Gasteiger partial charge in [-0.3, -0.25) is 0 Å². The summed E-state index contributed by atoms with van der Waals surface area (Å²) in [5, 5.41) is 7.93. The van der Waals surface area contributed by atoms with Crippen molar-refractivity contribution in [1.82, 2.24) is 9.78 Å². The van der Waals surface area contributed by atoms with E-state index in [1.165, 1.54) is 9.75 Å². The van der Waals surface area contributed by atoms with Gasteiger partial charge in [-0.1, -0.05) is 19.1 Å². The van der Waals surface area contributed by atoms with Crippen molar-refractivity contribution in [2.45, 2.75) is 26.3 Å². The summed E-state index contributed by atoms with van der Waals surface area (Å²) in [5.41, 5.74) is 2.17. The topological polar surface area (TPSA) is 29.9 Å². The maximum absolute atomic E-state index is 4.32. The summed E-state index contributed by atoms with van der Waals surface area (Å²) in [7, 11) is 0. The van der Waals surface area contributed by atoms with E-state index < -0.39 is 0 Å². The van der Waals surface area contributed by atoms with Crippen LogP contribution in [0.25, 0.3) is 5.69 Å². The van der Waals surface area contributed by atoms with Gasteiger partial charge in [0.15, 0.2) is 0 Å². The first-order valence-corrected chi connectivity index (χ1v) is 8.03. The molecule has 0 aliphatic heterocycles. The summed E-state index contributed by atoms with van der Waals surface area (Å²) in [6.45, 7) is 4.39. The molecule has 0 bridgehead atoms. The molecule has 2 heterocycles. The summed E-state index contributed by atoms with van der Waals surface area (Å²) in [4.78, 5) is 2.79. The molecule has 0 radical (unpaired) electrons. The van der Waals surface area contributed by atoms with Crippen molar-refractivity contribution in [3.8, 4) is 5.69 Å². The molecule has 2 aromatic heterocycles. The minimum absolute atomic E-state index is 0.284. The Morgan fingerprint density at radius 1 is 1.19 bits per heavy atom. The Kier molecular flexibility index (Phi) is 4.06.